The van der Waals surface area contributed by atoms with Crippen molar-refractivity contribution < 1.29 is 29.3 Å². The molecular weight excluding hydrogens is 510 g/mol. The lowest BCUT2D eigenvalue weighted by Crippen LogP contribution is -2.57. The molecule has 9 heteroatoms. The minimum absolute atomic E-state index is 0.0950. The van der Waals surface area contributed by atoms with Gasteiger partial charge in [-0.15, -0.1) is 6.58 Å². The van der Waals surface area contributed by atoms with Gasteiger partial charge in [0.05, 0.1) is 13.2 Å². The van der Waals surface area contributed by atoms with Crippen molar-refractivity contribution in [3.63, 3.8) is 0 Å². The van der Waals surface area contributed by atoms with Gasteiger partial charge in [0.15, 0.2) is 0 Å². The Morgan fingerprint density at radius 1 is 0.950 bits per heavy atom. The van der Waals surface area contributed by atoms with Gasteiger partial charge in [-0.3, -0.25) is 14.6 Å². The van der Waals surface area contributed by atoms with Crippen LogP contribution in [0, 0.1) is 0 Å². The Morgan fingerprint density at radius 3 is 2.17 bits per heavy atom. The maximum Gasteiger partial charge on any atom is 0.414 e. The molecule has 2 aromatic carbocycles. The summed E-state index contributed by atoms with van der Waals surface area (Å²) in [5, 5.41) is 14.8. The number of aliphatic carboxylic acids is 2. The molecule has 0 unspecified atom stereocenters. The van der Waals surface area contributed by atoms with E-state index in [1.807, 2.05) is 29.2 Å². The lowest BCUT2D eigenvalue weighted by molar-refractivity contribution is -0.159. The van der Waals surface area contributed by atoms with Crippen LogP contribution < -0.4 is 4.74 Å². The van der Waals surface area contributed by atoms with Crippen molar-refractivity contribution in [1.82, 2.24) is 14.7 Å². The molecule has 0 saturated carbocycles. The fourth-order valence-electron chi connectivity index (χ4n) is 5.48. The monoisotopic (exact) mass is 551 g/mol. The van der Waals surface area contributed by atoms with Gasteiger partial charge in [-0.1, -0.05) is 30.3 Å². The standard InChI is InChI=1S/C29H39N3O2.C2H2O4/c1-5-16-31-20-23(3)32(21-22(31)2)28(26-10-9-11-27(19-26)34-4)24-12-14-25(15-13-24)29(33)30-17-7-6-8-18-30;3-1(4)2(5)6/h5,9-15,19,22-23,28H,1,6-8,16-18,20-21H2,2-4H3;(H,3,4)(H,5,6)/t22-,23+,28+;/m1./s1. The molecule has 0 bridgehead atoms. The highest BCUT2D eigenvalue weighted by Gasteiger charge is 2.34. The third-order valence-electron chi connectivity index (χ3n) is 7.57. The molecule has 0 aromatic heterocycles. The first-order valence-corrected chi connectivity index (χ1v) is 13.8. The molecule has 1 amide bonds. The summed E-state index contributed by atoms with van der Waals surface area (Å²) in [6, 6.07) is 17.6. The molecule has 2 saturated heterocycles. The highest BCUT2D eigenvalue weighted by molar-refractivity contribution is 6.27. The molecule has 2 heterocycles. The maximum absolute atomic E-state index is 13.0. The highest BCUT2D eigenvalue weighted by Crippen LogP contribution is 2.35. The summed E-state index contributed by atoms with van der Waals surface area (Å²) < 4.78 is 5.55. The van der Waals surface area contributed by atoms with Gasteiger partial charge >= 0.3 is 11.9 Å². The number of benzene rings is 2. The molecule has 216 valence electrons. The number of nitrogens with zero attached hydrogens (tertiary/aromatic N) is 3. The van der Waals surface area contributed by atoms with Gasteiger partial charge in [-0.05, 0) is 68.5 Å². The number of carbonyl (C=O) groups excluding carboxylic acids is 1. The van der Waals surface area contributed by atoms with Gasteiger partial charge < -0.3 is 19.8 Å². The van der Waals surface area contributed by atoms with Crippen LogP contribution in [0.25, 0.3) is 0 Å². The second kappa shape index (κ2) is 14.6. The summed E-state index contributed by atoms with van der Waals surface area (Å²) in [7, 11) is 1.72. The van der Waals surface area contributed by atoms with E-state index < -0.39 is 11.9 Å². The van der Waals surface area contributed by atoms with Gasteiger partial charge in [-0.25, -0.2) is 9.59 Å². The molecule has 3 atom stereocenters. The number of rotatable bonds is 7. The fraction of sp³-hybridized carbons (Fsp3) is 0.452. The molecule has 2 aliphatic rings. The number of ether oxygens (including phenoxy) is 1. The number of hydrogen-bond donors (Lipinski definition) is 2. The minimum Gasteiger partial charge on any atom is -0.497 e. The van der Waals surface area contributed by atoms with Crippen LogP contribution in [-0.2, 0) is 9.59 Å². The lowest BCUT2D eigenvalue weighted by atomic mass is 9.92. The molecule has 0 spiro atoms. The summed E-state index contributed by atoms with van der Waals surface area (Å²) in [4.78, 5) is 38.3. The van der Waals surface area contributed by atoms with E-state index in [4.69, 9.17) is 24.5 Å². The summed E-state index contributed by atoms with van der Waals surface area (Å²) in [5.41, 5.74) is 3.21. The second-order valence-electron chi connectivity index (χ2n) is 10.4. The first kappa shape index (κ1) is 30.8. The minimum atomic E-state index is -1.82. The number of methoxy groups -OCH3 is 1. The third kappa shape index (κ3) is 7.92. The molecule has 4 rings (SSSR count). The number of carbonyl (C=O) groups is 3. The van der Waals surface area contributed by atoms with Crippen molar-refractivity contribution in [3.8, 4) is 5.75 Å². The van der Waals surface area contributed by atoms with E-state index in [9.17, 15) is 4.79 Å². The fourth-order valence-corrected chi connectivity index (χ4v) is 5.48. The smallest absolute Gasteiger partial charge is 0.414 e. The molecular formula is C31H41N3O6. The van der Waals surface area contributed by atoms with E-state index in [1.165, 1.54) is 17.5 Å². The number of carboxylic acids is 2. The van der Waals surface area contributed by atoms with Crippen molar-refractivity contribution >= 4 is 17.8 Å². The van der Waals surface area contributed by atoms with Crippen molar-refractivity contribution in [1.29, 1.82) is 0 Å². The van der Waals surface area contributed by atoms with Crippen LogP contribution in [0.1, 0.15) is 60.6 Å². The third-order valence-corrected chi connectivity index (χ3v) is 7.57. The van der Waals surface area contributed by atoms with Crippen molar-refractivity contribution in [2.24, 2.45) is 0 Å². The second-order valence-corrected chi connectivity index (χ2v) is 10.4. The Labute approximate surface area is 236 Å². The number of piperidine rings is 1. The number of carboxylic acid groups (broad SMARTS) is 2. The maximum atomic E-state index is 13.0. The van der Waals surface area contributed by atoms with E-state index in [-0.39, 0.29) is 11.9 Å². The van der Waals surface area contributed by atoms with Gasteiger partial charge in [-0.2, -0.15) is 0 Å². The first-order chi connectivity index (χ1) is 19.2. The molecule has 2 N–H and O–H groups in total. The van der Waals surface area contributed by atoms with E-state index >= 15 is 0 Å². The van der Waals surface area contributed by atoms with Gasteiger partial charge in [0.2, 0.25) is 0 Å². The van der Waals surface area contributed by atoms with E-state index in [2.05, 4.69) is 60.6 Å². The summed E-state index contributed by atoms with van der Waals surface area (Å²) in [5.74, 6) is -2.63. The Morgan fingerprint density at radius 2 is 1.60 bits per heavy atom. The van der Waals surface area contributed by atoms with Crippen LogP contribution in [-0.4, -0.2) is 94.7 Å². The van der Waals surface area contributed by atoms with Crippen LogP contribution in [0.5, 0.6) is 5.75 Å². The zero-order chi connectivity index (χ0) is 29.2. The summed E-state index contributed by atoms with van der Waals surface area (Å²) in [6.45, 7) is 13.2. The van der Waals surface area contributed by atoms with E-state index in [0.717, 1.165) is 56.9 Å². The largest absolute Gasteiger partial charge is 0.497 e. The summed E-state index contributed by atoms with van der Waals surface area (Å²) in [6.07, 6.45) is 5.43. The molecule has 0 aliphatic carbocycles. The SMILES string of the molecule is C=CCN1C[C@H](C)N([C@@H](c2ccc(C(=O)N3CCCCC3)cc2)c2cccc(OC)c2)C[C@H]1C.O=C(O)C(=O)O. The molecule has 40 heavy (non-hydrogen) atoms. The predicted octanol–water partition coefficient (Wildman–Crippen LogP) is 4.15. The van der Waals surface area contributed by atoms with Crippen LogP contribution >= 0.6 is 0 Å². The number of hydrogen-bond acceptors (Lipinski definition) is 6. The summed E-state index contributed by atoms with van der Waals surface area (Å²) >= 11 is 0. The molecule has 9 nitrogen and oxygen atoms in total. The molecule has 2 fully saturated rings. The molecule has 2 aromatic rings. The van der Waals surface area contributed by atoms with Crippen LogP contribution in [0.2, 0.25) is 0 Å². The highest BCUT2D eigenvalue weighted by atomic mass is 16.5. The van der Waals surface area contributed by atoms with Crippen molar-refractivity contribution in [3.05, 3.63) is 77.9 Å². The quantitative estimate of drug-likeness (QED) is 0.390. The van der Waals surface area contributed by atoms with Crippen LogP contribution in [0.4, 0.5) is 0 Å². The van der Waals surface area contributed by atoms with E-state index in [0.29, 0.717) is 12.1 Å². The predicted molar refractivity (Wildman–Crippen MR) is 154 cm³/mol. The van der Waals surface area contributed by atoms with Gasteiger partial charge in [0.25, 0.3) is 5.91 Å². The average molecular weight is 552 g/mol. The zero-order valence-corrected chi connectivity index (χ0v) is 23.7. The zero-order valence-electron chi connectivity index (χ0n) is 23.7. The number of likely N-dealkylation sites (tertiary alicyclic amines) is 1. The number of piperazine rings is 1. The van der Waals surface area contributed by atoms with Gasteiger partial charge in [0, 0.05) is 50.4 Å². The normalized spacial score (nSPS) is 20.5. The van der Waals surface area contributed by atoms with Crippen molar-refractivity contribution in [2.45, 2.75) is 51.2 Å². The first-order valence-electron chi connectivity index (χ1n) is 13.8. The molecule has 0 radical (unpaired) electrons. The lowest BCUT2D eigenvalue weighted by Gasteiger charge is -2.47. The van der Waals surface area contributed by atoms with E-state index in [1.54, 1.807) is 7.11 Å². The van der Waals surface area contributed by atoms with Crippen molar-refractivity contribution in [2.75, 3.05) is 39.8 Å². The Balaban J connectivity index is 0.000000663. The Bertz CT molecular complexity index is 1150. The topological polar surface area (TPSA) is 111 Å². The Kier molecular flexibility index (Phi) is 11.3. The molecule has 2 aliphatic heterocycles. The van der Waals surface area contributed by atoms with Crippen LogP contribution in [0.15, 0.2) is 61.2 Å². The van der Waals surface area contributed by atoms with Gasteiger partial charge in [0.1, 0.15) is 5.75 Å². The van der Waals surface area contributed by atoms with Crippen LogP contribution in [0.3, 0.4) is 0 Å². The number of amides is 1. The average Bonchev–Trinajstić information content (AvgIpc) is 2.96. The Hall–Kier alpha value is -3.69.